The van der Waals surface area contributed by atoms with E-state index in [-0.39, 0.29) is 11.9 Å². The predicted molar refractivity (Wildman–Crippen MR) is 58.8 cm³/mol. The minimum absolute atomic E-state index is 0.0689. The van der Waals surface area contributed by atoms with Crippen molar-refractivity contribution in [1.29, 1.82) is 0 Å². The van der Waals surface area contributed by atoms with E-state index < -0.39 is 0 Å². The number of pyridine rings is 1. The lowest BCUT2D eigenvalue weighted by molar-refractivity contribution is 0.0912. The lowest BCUT2D eigenvalue weighted by Crippen LogP contribution is -2.26. The van der Waals surface area contributed by atoms with E-state index in [1.807, 2.05) is 19.1 Å². The predicted octanol–water partition coefficient (Wildman–Crippen LogP) is 2.17. The van der Waals surface area contributed by atoms with Gasteiger partial charge in [-0.1, -0.05) is 0 Å². The highest BCUT2D eigenvalue weighted by Gasteiger charge is 2.12. The van der Waals surface area contributed by atoms with Crippen molar-refractivity contribution in [1.82, 2.24) is 10.3 Å². The SMILES string of the molecule is C[C@@H](NC(=O)c1ccco1)c1ccncc1. The van der Waals surface area contributed by atoms with Crippen LogP contribution in [0.5, 0.6) is 0 Å². The Morgan fingerprint density at radius 3 is 2.75 bits per heavy atom. The number of carbonyl (C=O) groups is 1. The highest BCUT2D eigenvalue weighted by molar-refractivity contribution is 5.91. The normalized spacial score (nSPS) is 12.1. The molecule has 2 aromatic rings. The first-order chi connectivity index (χ1) is 7.77. The molecule has 0 aromatic carbocycles. The third-order valence-corrected chi connectivity index (χ3v) is 2.30. The molecule has 0 saturated heterocycles. The average molecular weight is 216 g/mol. The van der Waals surface area contributed by atoms with Crippen LogP contribution in [-0.4, -0.2) is 10.9 Å². The van der Waals surface area contributed by atoms with Crippen LogP contribution in [0.2, 0.25) is 0 Å². The Balaban J connectivity index is 2.03. The van der Waals surface area contributed by atoms with Crippen LogP contribution < -0.4 is 5.32 Å². The minimum Gasteiger partial charge on any atom is -0.459 e. The fourth-order valence-electron chi connectivity index (χ4n) is 1.41. The quantitative estimate of drug-likeness (QED) is 0.855. The number of carbonyl (C=O) groups excluding carboxylic acids is 1. The zero-order valence-electron chi connectivity index (χ0n) is 8.88. The van der Waals surface area contributed by atoms with Gasteiger partial charge in [-0.3, -0.25) is 9.78 Å². The molecule has 0 spiro atoms. The van der Waals surface area contributed by atoms with Crippen molar-refractivity contribution in [2.24, 2.45) is 0 Å². The first kappa shape index (κ1) is 10.4. The van der Waals surface area contributed by atoms with Gasteiger partial charge < -0.3 is 9.73 Å². The largest absolute Gasteiger partial charge is 0.459 e. The molecule has 0 radical (unpaired) electrons. The Hall–Kier alpha value is -2.10. The summed E-state index contributed by atoms with van der Waals surface area (Å²) in [6.45, 7) is 1.91. The van der Waals surface area contributed by atoms with E-state index in [1.165, 1.54) is 6.26 Å². The van der Waals surface area contributed by atoms with Crippen LogP contribution in [0.3, 0.4) is 0 Å². The number of hydrogen-bond donors (Lipinski definition) is 1. The number of nitrogens with zero attached hydrogens (tertiary/aromatic N) is 1. The molecular formula is C12H12N2O2. The van der Waals surface area contributed by atoms with Crippen molar-refractivity contribution < 1.29 is 9.21 Å². The molecule has 1 N–H and O–H groups in total. The first-order valence-electron chi connectivity index (χ1n) is 5.01. The lowest BCUT2D eigenvalue weighted by atomic mass is 10.1. The molecule has 4 heteroatoms. The van der Waals surface area contributed by atoms with Crippen molar-refractivity contribution in [3.05, 3.63) is 54.2 Å². The maximum atomic E-state index is 11.7. The van der Waals surface area contributed by atoms with Gasteiger partial charge in [-0.2, -0.15) is 0 Å². The molecule has 2 aromatic heterocycles. The average Bonchev–Trinajstić information content (AvgIpc) is 2.83. The fourth-order valence-corrected chi connectivity index (χ4v) is 1.41. The molecular weight excluding hydrogens is 204 g/mol. The summed E-state index contributed by atoms with van der Waals surface area (Å²) in [6, 6.07) is 6.99. The second-order valence-electron chi connectivity index (χ2n) is 3.45. The van der Waals surface area contributed by atoms with Crippen LogP contribution in [0, 0.1) is 0 Å². The van der Waals surface area contributed by atoms with Gasteiger partial charge in [-0.25, -0.2) is 0 Å². The Morgan fingerprint density at radius 2 is 2.12 bits per heavy atom. The Kier molecular flexibility index (Phi) is 3.00. The number of rotatable bonds is 3. The molecule has 16 heavy (non-hydrogen) atoms. The van der Waals surface area contributed by atoms with E-state index in [4.69, 9.17) is 4.42 Å². The van der Waals surface area contributed by atoms with Crippen molar-refractivity contribution >= 4 is 5.91 Å². The molecule has 82 valence electrons. The highest BCUT2D eigenvalue weighted by Crippen LogP contribution is 2.11. The molecule has 0 fully saturated rings. The van der Waals surface area contributed by atoms with E-state index in [2.05, 4.69) is 10.3 Å². The van der Waals surface area contributed by atoms with Gasteiger partial charge >= 0.3 is 0 Å². The lowest BCUT2D eigenvalue weighted by Gasteiger charge is -2.12. The van der Waals surface area contributed by atoms with Gasteiger partial charge in [-0.05, 0) is 36.8 Å². The zero-order chi connectivity index (χ0) is 11.4. The summed E-state index contributed by atoms with van der Waals surface area (Å²) in [5.74, 6) is 0.107. The maximum Gasteiger partial charge on any atom is 0.287 e. The van der Waals surface area contributed by atoms with Gasteiger partial charge in [0, 0.05) is 12.4 Å². The van der Waals surface area contributed by atoms with Gasteiger partial charge in [0.1, 0.15) is 0 Å². The first-order valence-corrected chi connectivity index (χ1v) is 5.01. The van der Waals surface area contributed by atoms with Crippen molar-refractivity contribution in [2.45, 2.75) is 13.0 Å². The highest BCUT2D eigenvalue weighted by atomic mass is 16.3. The summed E-state index contributed by atoms with van der Waals surface area (Å²) in [7, 11) is 0. The smallest absolute Gasteiger partial charge is 0.287 e. The van der Waals surface area contributed by atoms with E-state index in [9.17, 15) is 4.79 Å². The van der Waals surface area contributed by atoms with Crippen molar-refractivity contribution in [2.75, 3.05) is 0 Å². The summed E-state index contributed by atoms with van der Waals surface area (Å²) >= 11 is 0. The summed E-state index contributed by atoms with van der Waals surface area (Å²) in [6.07, 6.45) is 4.88. The number of furan rings is 1. The van der Waals surface area contributed by atoms with Gasteiger partial charge in [0.2, 0.25) is 0 Å². The van der Waals surface area contributed by atoms with Gasteiger partial charge in [0.25, 0.3) is 5.91 Å². The van der Waals surface area contributed by atoms with Crippen LogP contribution in [0.25, 0.3) is 0 Å². The van der Waals surface area contributed by atoms with Crippen molar-refractivity contribution in [3.63, 3.8) is 0 Å². The molecule has 0 saturated carbocycles. The van der Waals surface area contributed by atoms with E-state index in [0.29, 0.717) is 5.76 Å². The summed E-state index contributed by atoms with van der Waals surface area (Å²) in [5, 5.41) is 2.84. The zero-order valence-corrected chi connectivity index (χ0v) is 8.88. The Labute approximate surface area is 93.3 Å². The van der Waals surface area contributed by atoms with Crippen LogP contribution in [-0.2, 0) is 0 Å². The number of nitrogens with one attached hydrogen (secondary N) is 1. The molecule has 2 rings (SSSR count). The van der Waals surface area contributed by atoms with Gasteiger partial charge in [0.15, 0.2) is 5.76 Å². The third-order valence-electron chi connectivity index (χ3n) is 2.30. The number of hydrogen-bond acceptors (Lipinski definition) is 3. The van der Waals surface area contributed by atoms with Crippen LogP contribution >= 0.6 is 0 Å². The molecule has 2 heterocycles. The molecule has 0 bridgehead atoms. The van der Waals surface area contributed by atoms with Gasteiger partial charge in [0.05, 0.1) is 12.3 Å². The maximum absolute atomic E-state index is 11.7. The second-order valence-corrected chi connectivity index (χ2v) is 3.45. The Morgan fingerprint density at radius 1 is 1.38 bits per heavy atom. The third kappa shape index (κ3) is 2.28. The summed E-state index contributed by atoms with van der Waals surface area (Å²) in [4.78, 5) is 15.6. The van der Waals surface area contributed by atoms with Crippen LogP contribution in [0.1, 0.15) is 29.1 Å². The van der Waals surface area contributed by atoms with E-state index in [1.54, 1.807) is 24.5 Å². The van der Waals surface area contributed by atoms with Gasteiger partial charge in [-0.15, -0.1) is 0 Å². The van der Waals surface area contributed by atoms with E-state index >= 15 is 0 Å². The standard InChI is InChI=1S/C12H12N2O2/c1-9(10-4-6-13-7-5-10)14-12(15)11-3-2-8-16-11/h2-9H,1H3,(H,14,15)/t9-/m1/s1. The monoisotopic (exact) mass is 216 g/mol. The molecule has 0 aliphatic heterocycles. The van der Waals surface area contributed by atoms with Crippen LogP contribution in [0.4, 0.5) is 0 Å². The summed E-state index contributed by atoms with van der Waals surface area (Å²) in [5.41, 5.74) is 1.01. The topological polar surface area (TPSA) is 55.1 Å². The van der Waals surface area contributed by atoms with E-state index in [0.717, 1.165) is 5.56 Å². The molecule has 0 unspecified atom stereocenters. The fraction of sp³-hybridized carbons (Fsp3) is 0.167. The number of amides is 1. The van der Waals surface area contributed by atoms with Crippen molar-refractivity contribution in [3.8, 4) is 0 Å². The summed E-state index contributed by atoms with van der Waals surface area (Å²) < 4.78 is 5.01. The Bertz CT molecular complexity index is 451. The molecule has 0 aliphatic rings. The molecule has 0 aliphatic carbocycles. The molecule has 1 atom stereocenters. The molecule has 1 amide bonds. The molecule has 4 nitrogen and oxygen atoms in total. The van der Waals surface area contributed by atoms with Crippen LogP contribution in [0.15, 0.2) is 47.3 Å². The minimum atomic E-state index is -0.214. The number of aromatic nitrogens is 1. The second kappa shape index (κ2) is 4.61.